The van der Waals surface area contributed by atoms with Crippen LogP contribution in [0, 0.1) is 0 Å². The van der Waals surface area contributed by atoms with Crippen molar-refractivity contribution in [3.05, 3.63) is 54.4 Å². The van der Waals surface area contributed by atoms with E-state index in [1.807, 2.05) is 51.4 Å². The molecule has 0 saturated carbocycles. The molecular formula is C17H18ClN3. The summed E-state index contributed by atoms with van der Waals surface area (Å²) in [5.41, 5.74) is 4.28. The van der Waals surface area contributed by atoms with Gasteiger partial charge in [-0.1, -0.05) is 24.3 Å². The van der Waals surface area contributed by atoms with Crippen LogP contribution in [0.2, 0.25) is 0 Å². The highest BCUT2D eigenvalue weighted by atomic mass is 35.5. The van der Waals surface area contributed by atoms with E-state index < -0.39 is 0 Å². The molecule has 0 N–H and O–H groups in total. The standard InChI is InChI=1S/C17H18ClN3/c1-12(18)17-19-13-8-4-5-9-14(13)21(17)16-11-7-6-10-15(16)20(2)3/h4-12H,1-3H3. The summed E-state index contributed by atoms with van der Waals surface area (Å²) in [5.74, 6) is 0.868. The Balaban J connectivity index is 2.36. The first-order valence-electron chi connectivity index (χ1n) is 6.98. The monoisotopic (exact) mass is 299 g/mol. The molecule has 0 fully saturated rings. The average molecular weight is 300 g/mol. The Morgan fingerprint density at radius 1 is 1.05 bits per heavy atom. The van der Waals surface area contributed by atoms with E-state index in [2.05, 4.69) is 27.7 Å². The van der Waals surface area contributed by atoms with Gasteiger partial charge in [-0.25, -0.2) is 4.98 Å². The number of halogens is 1. The number of hydrogen-bond acceptors (Lipinski definition) is 2. The summed E-state index contributed by atoms with van der Waals surface area (Å²) in [5, 5.41) is -0.160. The molecule has 0 bridgehead atoms. The zero-order valence-electron chi connectivity index (χ0n) is 12.4. The van der Waals surface area contributed by atoms with Crippen molar-refractivity contribution in [3.8, 4) is 5.69 Å². The van der Waals surface area contributed by atoms with Crippen LogP contribution in [0.1, 0.15) is 18.1 Å². The molecule has 0 aliphatic carbocycles. The highest BCUT2D eigenvalue weighted by molar-refractivity contribution is 6.20. The predicted octanol–water partition coefficient (Wildman–Crippen LogP) is 4.39. The number of aromatic nitrogens is 2. The van der Waals surface area contributed by atoms with Crippen LogP contribution in [0.5, 0.6) is 0 Å². The summed E-state index contributed by atoms with van der Waals surface area (Å²) in [6.45, 7) is 1.96. The van der Waals surface area contributed by atoms with Crippen LogP contribution in [0.3, 0.4) is 0 Å². The van der Waals surface area contributed by atoms with Gasteiger partial charge in [0.1, 0.15) is 5.82 Å². The van der Waals surface area contributed by atoms with Crippen molar-refractivity contribution < 1.29 is 0 Å². The maximum atomic E-state index is 6.36. The van der Waals surface area contributed by atoms with Crippen LogP contribution in [0.4, 0.5) is 5.69 Å². The summed E-state index contributed by atoms with van der Waals surface area (Å²) < 4.78 is 2.16. The molecule has 0 radical (unpaired) electrons. The van der Waals surface area contributed by atoms with Gasteiger partial charge in [-0.3, -0.25) is 4.57 Å². The Kier molecular flexibility index (Phi) is 3.60. The number of imidazole rings is 1. The largest absolute Gasteiger partial charge is 0.376 e. The molecular weight excluding hydrogens is 282 g/mol. The first kappa shape index (κ1) is 14.0. The van der Waals surface area contributed by atoms with E-state index in [9.17, 15) is 0 Å². The summed E-state index contributed by atoms with van der Waals surface area (Å²) in [7, 11) is 4.09. The summed E-state index contributed by atoms with van der Waals surface area (Å²) in [6.07, 6.45) is 0. The van der Waals surface area contributed by atoms with Crippen molar-refractivity contribution in [1.29, 1.82) is 0 Å². The molecule has 0 aliphatic rings. The third-order valence-corrected chi connectivity index (χ3v) is 3.74. The number of hydrogen-bond donors (Lipinski definition) is 0. The lowest BCUT2D eigenvalue weighted by Crippen LogP contribution is -2.13. The number of fused-ring (bicyclic) bond motifs is 1. The van der Waals surface area contributed by atoms with Crippen LogP contribution >= 0.6 is 11.6 Å². The molecule has 1 unspecified atom stereocenters. The van der Waals surface area contributed by atoms with E-state index in [1.165, 1.54) is 0 Å². The molecule has 1 atom stereocenters. The summed E-state index contributed by atoms with van der Waals surface area (Å²) in [6, 6.07) is 16.4. The van der Waals surface area contributed by atoms with Crippen LogP contribution in [0.15, 0.2) is 48.5 Å². The van der Waals surface area contributed by atoms with Crippen LogP contribution in [0.25, 0.3) is 16.7 Å². The Labute approximate surface area is 129 Å². The third-order valence-electron chi connectivity index (χ3n) is 3.55. The Hall–Kier alpha value is -2.00. The molecule has 21 heavy (non-hydrogen) atoms. The summed E-state index contributed by atoms with van der Waals surface area (Å²) in [4.78, 5) is 6.81. The molecule has 3 rings (SSSR count). The highest BCUT2D eigenvalue weighted by Gasteiger charge is 2.18. The number of anilines is 1. The molecule has 3 nitrogen and oxygen atoms in total. The van der Waals surface area contributed by atoms with E-state index in [0.29, 0.717) is 0 Å². The fourth-order valence-corrected chi connectivity index (χ4v) is 2.74. The maximum Gasteiger partial charge on any atom is 0.132 e. The zero-order chi connectivity index (χ0) is 15.0. The lowest BCUT2D eigenvalue weighted by Gasteiger charge is -2.20. The molecule has 0 aliphatic heterocycles. The van der Waals surface area contributed by atoms with E-state index in [0.717, 1.165) is 28.2 Å². The average Bonchev–Trinajstić information content (AvgIpc) is 2.86. The van der Waals surface area contributed by atoms with Gasteiger partial charge >= 0.3 is 0 Å². The van der Waals surface area contributed by atoms with E-state index in [-0.39, 0.29) is 5.38 Å². The summed E-state index contributed by atoms with van der Waals surface area (Å²) >= 11 is 6.36. The lowest BCUT2D eigenvalue weighted by molar-refractivity contribution is 0.879. The first-order valence-corrected chi connectivity index (χ1v) is 7.41. The third kappa shape index (κ3) is 2.38. The van der Waals surface area contributed by atoms with Crippen LogP contribution < -0.4 is 4.90 Å². The maximum absolute atomic E-state index is 6.36. The second kappa shape index (κ2) is 5.41. The minimum absolute atomic E-state index is 0.160. The number of benzene rings is 2. The molecule has 0 spiro atoms. The van der Waals surface area contributed by atoms with Gasteiger partial charge in [-0.05, 0) is 31.2 Å². The zero-order valence-corrected chi connectivity index (χ0v) is 13.2. The lowest BCUT2D eigenvalue weighted by atomic mass is 10.2. The van der Waals surface area contributed by atoms with Crippen molar-refractivity contribution in [2.45, 2.75) is 12.3 Å². The van der Waals surface area contributed by atoms with Crippen molar-refractivity contribution in [1.82, 2.24) is 9.55 Å². The van der Waals surface area contributed by atoms with Gasteiger partial charge < -0.3 is 4.90 Å². The van der Waals surface area contributed by atoms with Crippen molar-refractivity contribution in [2.24, 2.45) is 0 Å². The van der Waals surface area contributed by atoms with Crippen molar-refractivity contribution in [2.75, 3.05) is 19.0 Å². The fraction of sp³-hybridized carbons (Fsp3) is 0.235. The number of nitrogens with zero attached hydrogens (tertiary/aromatic N) is 3. The second-order valence-corrected chi connectivity index (χ2v) is 5.95. The van der Waals surface area contributed by atoms with Gasteiger partial charge in [0.15, 0.2) is 0 Å². The minimum atomic E-state index is -0.160. The molecule has 0 saturated heterocycles. The Bertz CT molecular complexity index is 775. The topological polar surface area (TPSA) is 21.1 Å². The molecule has 0 amide bonds. The highest BCUT2D eigenvalue weighted by Crippen LogP contribution is 2.32. The predicted molar refractivity (Wildman–Crippen MR) is 89.7 cm³/mol. The van der Waals surface area contributed by atoms with Crippen molar-refractivity contribution in [3.63, 3.8) is 0 Å². The van der Waals surface area contributed by atoms with Gasteiger partial charge in [0.25, 0.3) is 0 Å². The Morgan fingerprint density at radius 3 is 2.43 bits per heavy atom. The first-order chi connectivity index (χ1) is 10.1. The normalized spacial score (nSPS) is 12.6. The molecule has 2 aromatic carbocycles. The van der Waals surface area contributed by atoms with Crippen LogP contribution in [-0.4, -0.2) is 23.6 Å². The SMILES string of the molecule is CC(Cl)c1nc2ccccc2n1-c1ccccc1N(C)C. The molecule has 108 valence electrons. The molecule has 1 aromatic heterocycles. The van der Waals surface area contributed by atoms with E-state index >= 15 is 0 Å². The van der Waals surface area contributed by atoms with Gasteiger partial charge in [0.2, 0.25) is 0 Å². The van der Waals surface area contributed by atoms with Crippen molar-refractivity contribution >= 4 is 28.3 Å². The van der Waals surface area contributed by atoms with E-state index in [4.69, 9.17) is 16.6 Å². The van der Waals surface area contributed by atoms with Gasteiger partial charge in [-0.15, -0.1) is 11.6 Å². The van der Waals surface area contributed by atoms with Gasteiger partial charge in [0.05, 0.1) is 27.8 Å². The second-order valence-electron chi connectivity index (χ2n) is 5.29. The quantitative estimate of drug-likeness (QED) is 0.669. The van der Waals surface area contributed by atoms with Crippen LogP contribution in [-0.2, 0) is 0 Å². The Morgan fingerprint density at radius 2 is 1.71 bits per heavy atom. The number of para-hydroxylation sites is 4. The molecule has 4 heteroatoms. The molecule has 1 heterocycles. The minimum Gasteiger partial charge on any atom is -0.376 e. The molecule has 3 aromatic rings. The number of rotatable bonds is 3. The smallest absolute Gasteiger partial charge is 0.132 e. The van der Waals surface area contributed by atoms with Gasteiger partial charge in [-0.2, -0.15) is 0 Å². The fourth-order valence-electron chi connectivity index (χ4n) is 2.60. The number of alkyl halides is 1. The van der Waals surface area contributed by atoms with E-state index in [1.54, 1.807) is 0 Å². The van der Waals surface area contributed by atoms with Gasteiger partial charge in [0, 0.05) is 14.1 Å².